The molecule has 2 atom stereocenters. The molecular weight excluding hydrogens is 306 g/mol. The molecule has 0 unspecified atom stereocenters. The maximum atomic E-state index is 11.7. The minimum atomic E-state index is -1.13. The fourth-order valence-electron chi connectivity index (χ4n) is 1.54. The molecule has 0 aliphatic carbocycles. The van der Waals surface area contributed by atoms with Crippen molar-refractivity contribution in [3.05, 3.63) is 29.8 Å². The Morgan fingerprint density at radius 2 is 1.70 bits per heavy atom. The van der Waals surface area contributed by atoms with Gasteiger partial charge in [-0.3, -0.25) is 9.59 Å². The van der Waals surface area contributed by atoms with Crippen LogP contribution >= 0.6 is 0 Å². The highest BCUT2D eigenvalue weighted by Crippen LogP contribution is 2.14. The minimum Gasteiger partial charge on any atom is -0.480 e. The van der Waals surface area contributed by atoms with Crippen molar-refractivity contribution in [3.63, 3.8) is 0 Å². The third-order valence-corrected chi connectivity index (χ3v) is 2.81. The molecule has 0 bridgehead atoms. The van der Waals surface area contributed by atoms with Crippen molar-refractivity contribution in [1.82, 2.24) is 0 Å². The Labute approximate surface area is 132 Å². The van der Waals surface area contributed by atoms with Gasteiger partial charge in [0.15, 0.2) is 0 Å². The van der Waals surface area contributed by atoms with E-state index < -0.39 is 30.0 Å². The number of aliphatic carboxylic acids is 1. The molecule has 23 heavy (non-hydrogen) atoms. The third-order valence-electron chi connectivity index (χ3n) is 2.81. The molecule has 0 radical (unpaired) electrons. The normalized spacial score (nSPS) is 13.0. The number of carbonyl (C=O) groups is 3. The van der Waals surface area contributed by atoms with Gasteiger partial charge in [-0.2, -0.15) is 0 Å². The Hall–Kier alpha value is -2.49. The molecule has 7 N–H and O–H groups in total. The van der Waals surface area contributed by atoms with E-state index in [1.807, 2.05) is 0 Å². The van der Waals surface area contributed by atoms with Gasteiger partial charge in [0.2, 0.25) is 0 Å². The van der Waals surface area contributed by atoms with Crippen LogP contribution in [0.5, 0.6) is 5.75 Å². The van der Waals surface area contributed by atoms with Crippen molar-refractivity contribution < 1.29 is 29.0 Å². The van der Waals surface area contributed by atoms with Crippen LogP contribution < -0.4 is 21.9 Å². The first kappa shape index (κ1) is 18.6. The van der Waals surface area contributed by atoms with E-state index in [0.29, 0.717) is 5.56 Å². The van der Waals surface area contributed by atoms with E-state index in [2.05, 4.69) is 4.74 Å². The average molecular weight is 325 g/mol. The van der Waals surface area contributed by atoms with Crippen LogP contribution in [0.25, 0.3) is 0 Å². The fourth-order valence-corrected chi connectivity index (χ4v) is 1.54. The van der Waals surface area contributed by atoms with Crippen molar-refractivity contribution >= 4 is 17.9 Å². The summed E-state index contributed by atoms with van der Waals surface area (Å²) in [5.74, 6) is -2.32. The Bertz CT molecular complexity index is 560. The van der Waals surface area contributed by atoms with Crippen LogP contribution in [0.1, 0.15) is 5.56 Å². The van der Waals surface area contributed by atoms with Crippen molar-refractivity contribution in [2.24, 2.45) is 17.2 Å². The van der Waals surface area contributed by atoms with Crippen LogP contribution in [0.3, 0.4) is 0 Å². The number of carboxylic acid groups (broad SMARTS) is 1. The van der Waals surface area contributed by atoms with E-state index in [0.717, 1.165) is 0 Å². The zero-order valence-electron chi connectivity index (χ0n) is 12.3. The zero-order chi connectivity index (χ0) is 17.4. The highest BCUT2D eigenvalue weighted by molar-refractivity contribution is 5.79. The van der Waals surface area contributed by atoms with Gasteiger partial charge in [0.25, 0.3) is 0 Å². The Morgan fingerprint density at radius 1 is 1.09 bits per heavy atom. The monoisotopic (exact) mass is 325 g/mol. The molecule has 1 aromatic carbocycles. The molecule has 1 rings (SSSR count). The third kappa shape index (κ3) is 6.43. The van der Waals surface area contributed by atoms with Crippen molar-refractivity contribution in [1.29, 1.82) is 0 Å². The molecule has 0 saturated heterocycles. The maximum absolute atomic E-state index is 11.7. The van der Waals surface area contributed by atoms with Crippen LogP contribution in [0.15, 0.2) is 24.3 Å². The molecule has 0 aliphatic heterocycles. The second-order valence-electron chi connectivity index (χ2n) is 4.71. The first-order valence-electron chi connectivity index (χ1n) is 6.73. The second kappa shape index (κ2) is 8.83. The first-order chi connectivity index (χ1) is 10.8. The molecule has 1 aromatic rings. The van der Waals surface area contributed by atoms with Gasteiger partial charge < -0.3 is 31.8 Å². The summed E-state index contributed by atoms with van der Waals surface area (Å²) < 4.78 is 9.65. The lowest BCUT2D eigenvalue weighted by atomic mass is 10.1. The van der Waals surface area contributed by atoms with Gasteiger partial charge in [-0.25, -0.2) is 4.79 Å². The number of esters is 2. The number of hydrogen-bond acceptors (Lipinski definition) is 8. The van der Waals surface area contributed by atoms with Crippen LogP contribution in [0, 0.1) is 0 Å². The van der Waals surface area contributed by atoms with Gasteiger partial charge in [-0.15, -0.1) is 0 Å². The molecule has 9 nitrogen and oxygen atoms in total. The van der Waals surface area contributed by atoms with Gasteiger partial charge in [-0.05, 0) is 24.1 Å². The van der Waals surface area contributed by atoms with E-state index in [-0.39, 0.29) is 25.3 Å². The molecule has 0 fully saturated rings. The Kier molecular flexibility index (Phi) is 7.13. The summed E-state index contributed by atoms with van der Waals surface area (Å²) >= 11 is 0. The molecule has 0 amide bonds. The molecule has 0 spiro atoms. The van der Waals surface area contributed by atoms with Gasteiger partial charge in [-0.1, -0.05) is 12.1 Å². The number of rotatable bonds is 8. The first-order valence-corrected chi connectivity index (χ1v) is 6.73. The fraction of sp³-hybridized carbons (Fsp3) is 0.357. The van der Waals surface area contributed by atoms with E-state index >= 15 is 0 Å². The standard InChI is InChI=1S/C14H19N3O6/c15-6-12(18)22-7-11(17)14(21)23-9-3-1-8(2-4-9)5-10(16)13(19)20/h1-4,10-11H,5-7,15-17H2,(H,19,20)/t10-,11-/m0/s1. The summed E-state index contributed by atoms with van der Waals surface area (Å²) in [6.45, 7) is -0.637. The topological polar surface area (TPSA) is 168 Å². The SMILES string of the molecule is NCC(=O)OC[C@H](N)C(=O)Oc1ccc(C[C@H](N)C(=O)O)cc1. The number of nitrogens with two attached hydrogens (primary N) is 3. The molecule has 0 aromatic heterocycles. The number of carbonyl (C=O) groups excluding carboxylic acids is 2. The number of benzene rings is 1. The summed E-state index contributed by atoms with van der Waals surface area (Å²) in [6.07, 6.45) is 0.151. The van der Waals surface area contributed by atoms with E-state index in [1.54, 1.807) is 12.1 Å². The van der Waals surface area contributed by atoms with Crippen LogP contribution in [0.2, 0.25) is 0 Å². The molecule has 0 aliphatic rings. The van der Waals surface area contributed by atoms with Gasteiger partial charge in [0, 0.05) is 0 Å². The highest BCUT2D eigenvalue weighted by Gasteiger charge is 2.18. The zero-order valence-corrected chi connectivity index (χ0v) is 12.3. The lowest BCUT2D eigenvalue weighted by Crippen LogP contribution is -2.39. The van der Waals surface area contributed by atoms with Crippen molar-refractivity contribution in [2.45, 2.75) is 18.5 Å². The van der Waals surface area contributed by atoms with Crippen molar-refractivity contribution in [2.75, 3.05) is 13.2 Å². The number of hydrogen-bond donors (Lipinski definition) is 4. The summed E-state index contributed by atoms with van der Waals surface area (Å²) in [4.78, 5) is 33.2. The Morgan fingerprint density at radius 3 is 2.22 bits per heavy atom. The highest BCUT2D eigenvalue weighted by atomic mass is 16.6. The van der Waals surface area contributed by atoms with Gasteiger partial charge in [0.1, 0.15) is 24.4 Å². The predicted molar refractivity (Wildman–Crippen MR) is 79.4 cm³/mol. The summed E-state index contributed by atoms with van der Waals surface area (Å²) in [7, 11) is 0. The molecule has 9 heteroatoms. The smallest absolute Gasteiger partial charge is 0.331 e. The van der Waals surface area contributed by atoms with E-state index in [1.165, 1.54) is 12.1 Å². The quantitative estimate of drug-likeness (QED) is 0.324. The lowest BCUT2D eigenvalue weighted by molar-refractivity contribution is -0.145. The van der Waals surface area contributed by atoms with E-state index in [9.17, 15) is 14.4 Å². The average Bonchev–Trinajstić information content (AvgIpc) is 2.53. The van der Waals surface area contributed by atoms with Crippen LogP contribution in [-0.2, 0) is 25.5 Å². The van der Waals surface area contributed by atoms with Crippen LogP contribution in [-0.4, -0.2) is 48.2 Å². The second-order valence-corrected chi connectivity index (χ2v) is 4.71. The van der Waals surface area contributed by atoms with Gasteiger partial charge >= 0.3 is 17.9 Å². The molecule has 126 valence electrons. The van der Waals surface area contributed by atoms with Crippen molar-refractivity contribution in [3.8, 4) is 5.75 Å². The summed E-state index contributed by atoms with van der Waals surface area (Å²) in [6, 6.07) is 4.01. The molecule has 0 saturated carbocycles. The Balaban J connectivity index is 2.52. The lowest BCUT2D eigenvalue weighted by Gasteiger charge is -2.12. The molecular formula is C14H19N3O6. The predicted octanol–water partition coefficient (Wildman–Crippen LogP) is -1.62. The van der Waals surface area contributed by atoms with Gasteiger partial charge in [0.05, 0.1) is 6.54 Å². The largest absolute Gasteiger partial charge is 0.480 e. The molecule has 0 heterocycles. The maximum Gasteiger partial charge on any atom is 0.331 e. The van der Waals surface area contributed by atoms with E-state index in [4.69, 9.17) is 27.0 Å². The number of ether oxygens (including phenoxy) is 2. The number of carboxylic acids is 1. The summed E-state index contributed by atoms with van der Waals surface area (Å²) in [5, 5.41) is 8.73. The van der Waals surface area contributed by atoms with Crippen LogP contribution in [0.4, 0.5) is 0 Å². The summed E-state index contributed by atoms with van der Waals surface area (Å²) in [5.41, 5.74) is 16.7. The minimum absolute atomic E-state index is 0.151.